The van der Waals surface area contributed by atoms with E-state index in [1.165, 1.54) is 11.3 Å². The molecule has 102 valence electrons. The lowest BCUT2D eigenvalue weighted by atomic mass is 9.94. The molecule has 1 rings (SSSR count). The normalized spacial score (nSPS) is 12.6. The fraction of sp³-hybridized carbons (Fsp3) is 0.545. The minimum Gasteiger partial charge on any atom is -0.393 e. The third kappa shape index (κ3) is 3.74. The number of nitrogens with two attached hydrogens (primary N) is 1. The summed E-state index contributed by atoms with van der Waals surface area (Å²) in [4.78, 5) is 1.34. The average Bonchev–Trinajstić information content (AvgIpc) is 2.75. The van der Waals surface area contributed by atoms with Gasteiger partial charge < -0.3 is 5.73 Å². The molecule has 0 saturated carbocycles. The molecule has 3 N–H and O–H groups in total. The number of hydrogen-bond acceptors (Lipinski definition) is 4. The second-order valence-electron chi connectivity index (χ2n) is 4.65. The van der Waals surface area contributed by atoms with Crippen molar-refractivity contribution >= 4 is 38.6 Å². The highest BCUT2D eigenvalue weighted by atomic mass is 32.2. The molecular formula is C11H18N2O2S3. The predicted octanol–water partition coefficient (Wildman–Crippen LogP) is 1.90. The van der Waals surface area contributed by atoms with E-state index < -0.39 is 15.4 Å². The molecule has 0 bridgehead atoms. The quantitative estimate of drug-likeness (QED) is 0.787. The lowest BCUT2D eigenvalue weighted by Gasteiger charge is -2.22. The summed E-state index contributed by atoms with van der Waals surface area (Å²) in [5, 5.41) is 0. The van der Waals surface area contributed by atoms with E-state index >= 15 is 0 Å². The average molecular weight is 306 g/mol. The molecule has 0 radical (unpaired) electrons. The van der Waals surface area contributed by atoms with Gasteiger partial charge >= 0.3 is 0 Å². The standard InChI is InChI=1S/C11H18N2O2S3/c1-4-8-5-6-9(17-8)18(14,15)13-7-11(2,3)10(12)16/h5-6,13H,4,7H2,1-3H3,(H2,12,16). The first kappa shape index (κ1) is 15.6. The van der Waals surface area contributed by atoms with Gasteiger partial charge in [-0.1, -0.05) is 33.0 Å². The van der Waals surface area contributed by atoms with Gasteiger partial charge in [0.15, 0.2) is 0 Å². The summed E-state index contributed by atoms with van der Waals surface area (Å²) in [5.74, 6) is 0. The Kier molecular flexibility index (Phi) is 4.88. The number of rotatable bonds is 6. The first-order valence-electron chi connectivity index (χ1n) is 5.57. The molecular weight excluding hydrogens is 288 g/mol. The van der Waals surface area contributed by atoms with Gasteiger partial charge in [0.1, 0.15) is 4.21 Å². The van der Waals surface area contributed by atoms with Crippen molar-refractivity contribution in [1.29, 1.82) is 0 Å². The van der Waals surface area contributed by atoms with E-state index in [-0.39, 0.29) is 6.54 Å². The smallest absolute Gasteiger partial charge is 0.250 e. The Labute approximate surface area is 118 Å². The van der Waals surface area contributed by atoms with E-state index in [4.69, 9.17) is 18.0 Å². The van der Waals surface area contributed by atoms with Crippen LogP contribution in [0.2, 0.25) is 0 Å². The molecule has 0 aliphatic carbocycles. The molecule has 1 aromatic rings. The van der Waals surface area contributed by atoms with Crippen LogP contribution in [0.15, 0.2) is 16.3 Å². The van der Waals surface area contributed by atoms with Crippen LogP contribution in [0, 0.1) is 5.41 Å². The van der Waals surface area contributed by atoms with Crippen molar-refractivity contribution in [2.45, 2.75) is 31.4 Å². The van der Waals surface area contributed by atoms with Crippen LogP contribution in [-0.4, -0.2) is 20.0 Å². The van der Waals surface area contributed by atoms with Gasteiger partial charge in [0.05, 0.1) is 4.99 Å². The number of hydrogen-bond donors (Lipinski definition) is 2. The Bertz CT molecular complexity index is 532. The van der Waals surface area contributed by atoms with Gasteiger partial charge in [-0.05, 0) is 18.6 Å². The Morgan fingerprint density at radius 3 is 2.56 bits per heavy atom. The molecule has 0 atom stereocenters. The van der Waals surface area contributed by atoms with E-state index in [1.54, 1.807) is 6.07 Å². The van der Waals surface area contributed by atoms with Gasteiger partial charge in [-0.15, -0.1) is 11.3 Å². The molecule has 0 unspecified atom stereocenters. The van der Waals surface area contributed by atoms with Crippen LogP contribution in [0.5, 0.6) is 0 Å². The van der Waals surface area contributed by atoms with Crippen LogP contribution < -0.4 is 10.5 Å². The summed E-state index contributed by atoms with van der Waals surface area (Å²) >= 11 is 6.19. The van der Waals surface area contributed by atoms with E-state index in [2.05, 4.69) is 4.72 Å². The number of sulfonamides is 1. The lowest BCUT2D eigenvalue weighted by Crippen LogP contribution is -2.41. The third-order valence-electron chi connectivity index (χ3n) is 2.62. The van der Waals surface area contributed by atoms with Crippen molar-refractivity contribution in [3.63, 3.8) is 0 Å². The molecule has 7 heteroatoms. The first-order chi connectivity index (χ1) is 8.19. The first-order valence-corrected chi connectivity index (χ1v) is 8.28. The van der Waals surface area contributed by atoms with Crippen molar-refractivity contribution in [1.82, 2.24) is 4.72 Å². The molecule has 0 aromatic carbocycles. The zero-order chi connectivity index (χ0) is 14.0. The van der Waals surface area contributed by atoms with Crippen LogP contribution in [0.1, 0.15) is 25.6 Å². The summed E-state index contributed by atoms with van der Waals surface area (Å²) < 4.78 is 27.0. The fourth-order valence-corrected chi connectivity index (χ4v) is 3.75. The van der Waals surface area contributed by atoms with Gasteiger partial charge in [-0.2, -0.15) is 0 Å². The highest BCUT2D eigenvalue weighted by Gasteiger charge is 2.25. The number of thiocarbonyl (C=S) groups is 1. The second kappa shape index (κ2) is 5.64. The monoisotopic (exact) mass is 306 g/mol. The Morgan fingerprint density at radius 1 is 1.50 bits per heavy atom. The summed E-state index contributed by atoms with van der Waals surface area (Å²) in [7, 11) is -3.46. The van der Waals surface area contributed by atoms with Gasteiger partial charge in [0, 0.05) is 16.8 Å². The maximum atomic E-state index is 12.0. The zero-order valence-corrected chi connectivity index (χ0v) is 13.1. The van der Waals surface area contributed by atoms with Crippen LogP contribution in [0.4, 0.5) is 0 Å². The Balaban J connectivity index is 2.80. The summed E-state index contributed by atoms with van der Waals surface area (Å²) in [6.45, 7) is 5.81. The molecule has 0 aliphatic rings. The molecule has 0 aliphatic heterocycles. The minimum absolute atomic E-state index is 0.198. The Hall–Kier alpha value is -0.500. The molecule has 4 nitrogen and oxygen atoms in total. The van der Waals surface area contributed by atoms with Crippen molar-refractivity contribution < 1.29 is 8.42 Å². The van der Waals surface area contributed by atoms with Crippen LogP contribution >= 0.6 is 23.6 Å². The van der Waals surface area contributed by atoms with Gasteiger partial charge in [-0.25, -0.2) is 13.1 Å². The Morgan fingerprint density at radius 2 is 2.11 bits per heavy atom. The summed E-state index contributed by atoms with van der Waals surface area (Å²) in [6.07, 6.45) is 0.832. The second-order valence-corrected chi connectivity index (χ2v) is 8.25. The topological polar surface area (TPSA) is 72.2 Å². The van der Waals surface area contributed by atoms with Crippen LogP contribution in [0.3, 0.4) is 0 Å². The fourth-order valence-electron chi connectivity index (χ4n) is 1.13. The van der Waals surface area contributed by atoms with E-state index in [1.807, 2.05) is 26.8 Å². The van der Waals surface area contributed by atoms with E-state index in [0.717, 1.165) is 11.3 Å². The van der Waals surface area contributed by atoms with Gasteiger partial charge in [0.2, 0.25) is 10.0 Å². The van der Waals surface area contributed by atoms with Gasteiger partial charge in [-0.3, -0.25) is 0 Å². The number of aryl methyl sites for hydroxylation is 1. The number of thiophene rings is 1. The molecule has 18 heavy (non-hydrogen) atoms. The highest BCUT2D eigenvalue weighted by Crippen LogP contribution is 2.22. The summed E-state index contributed by atoms with van der Waals surface area (Å²) in [5.41, 5.74) is 5.03. The van der Waals surface area contributed by atoms with E-state index in [0.29, 0.717) is 9.20 Å². The molecule has 1 heterocycles. The largest absolute Gasteiger partial charge is 0.393 e. The van der Waals surface area contributed by atoms with Crippen molar-refractivity contribution in [2.24, 2.45) is 11.1 Å². The molecule has 0 amide bonds. The van der Waals surface area contributed by atoms with Crippen molar-refractivity contribution in [3.8, 4) is 0 Å². The summed E-state index contributed by atoms with van der Waals surface area (Å²) in [6, 6.07) is 3.46. The van der Waals surface area contributed by atoms with Crippen molar-refractivity contribution in [3.05, 3.63) is 17.0 Å². The van der Waals surface area contributed by atoms with Crippen LogP contribution in [0.25, 0.3) is 0 Å². The maximum Gasteiger partial charge on any atom is 0.250 e. The molecule has 0 fully saturated rings. The van der Waals surface area contributed by atoms with E-state index in [9.17, 15) is 8.42 Å². The van der Waals surface area contributed by atoms with Crippen molar-refractivity contribution in [2.75, 3.05) is 6.54 Å². The maximum absolute atomic E-state index is 12.0. The van der Waals surface area contributed by atoms with Gasteiger partial charge in [0.25, 0.3) is 0 Å². The SMILES string of the molecule is CCc1ccc(S(=O)(=O)NCC(C)(C)C(N)=S)s1. The highest BCUT2D eigenvalue weighted by molar-refractivity contribution is 7.91. The molecule has 0 saturated heterocycles. The molecule has 0 spiro atoms. The minimum atomic E-state index is -3.46. The third-order valence-corrected chi connectivity index (χ3v) is 6.30. The predicted molar refractivity (Wildman–Crippen MR) is 79.5 cm³/mol. The zero-order valence-electron chi connectivity index (χ0n) is 10.7. The molecule has 1 aromatic heterocycles. The number of nitrogens with one attached hydrogen (secondary N) is 1. The van der Waals surface area contributed by atoms with Crippen LogP contribution in [-0.2, 0) is 16.4 Å². The lowest BCUT2D eigenvalue weighted by molar-refractivity contribution is 0.502.